The fourth-order valence-electron chi connectivity index (χ4n) is 2.21. The SMILES string of the molecule is CCCC(C(=O)O)[N+](CC(=O)O)(CC(=O)O)CC(=O)O.N. The van der Waals surface area contributed by atoms with E-state index in [0.29, 0.717) is 6.42 Å². The maximum Gasteiger partial charge on any atom is 0.362 e. The first-order chi connectivity index (χ1) is 9.14. The van der Waals surface area contributed by atoms with Crippen LogP contribution in [0.3, 0.4) is 0 Å². The van der Waals surface area contributed by atoms with Crippen molar-refractivity contribution in [3.8, 4) is 0 Å². The molecule has 0 radical (unpaired) electrons. The molecule has 0 aromatic rings. The zero-order chi connectivity index (χ0) is 15.9. The Hall–Kier alpha value is -2.20. The molecule has 1 unspecified atom stereocenters. The van der Waals surface area contributed by atoms with Gasteiger partial charge in [0.25, 0.3) is 0 Å². The minimum Gasteiger partial charge on any atom is -0.477 e. The van der Waals surface area contributed by atoms with Gasteiger partial charge in [0.2, 0.25) is 0 Å². The van der Waals surface area contributed by atoms with Gasteiger partial charge in [-0.05, 0) is 6.42 Å². The fourth-order valence-corrected chi connectivity index (χ4v) is 2.21. The van der Waals surface area contributed by atoms with E-state index in [0.717, 1.165) is 0 Å². The summed E-state index contributed by atoms with van der Waals surface area (Å²) in [4.78, 5) is 44.0. The maximum atomic E-state index is 11.3. The number of hydrogen-bond acceptors (Lipinski definition) is 5. The van der Waals surface area contributed by atoms with Crippen LogP contribution in [0.1, 0.15) is 19.8 Å². The van der Waals surface area contributed by atoms with Crippen LogP contribution in [-0.4, -0.2) is 74.5 Å². The summed E-state index contributed by atoms with van der Waals surface area (Å²) in [7, 11) is 0. The van der Waals surface area contributed by atoms with Crippen molar-refractivity contribution in [2.45, 2.75) is 25.8 Å². The van der Waals surface area contributed by atoms with Gasteiger partial charge >= 0.3 is 23.9 Å². The zero-order valence-electron chi connectivity index (χ0n) is 11.7. The largest absolute Gasteiger partial charge is 0.477 e. The minimum absolute atomic E-state index is 0. The number of aliphatic carboxylic acids is 4. The second-order valence-electron chi connectivity index (χ2n) is 4.52. The summed E-state index contributed by atoms with van der Waals surface area (Å²) in [6.45, 7) is -0.992. The van der Waals surface area contributed by atoms with E-state index in [1.165, 1.54) is 0 Å². The molecule has 7 N–H and O–H groups in total. The lowest BCUT2D eigenvalue weighted by Crippen LogP contribution is -2.64. The van der Waals surface area contributed by atoms with Crippen LogP contribution in [0.4, 0.5) is 0 Å². The van der Waals surface area contributed by atoms with Crippen LogP contribution >= 0.6 is 0 Å². The number of carboxylic acid groups (broad SMARTS) is 4. The number of nitrogens with zero attached hydrogens (tertiary/aromatic N) is 1. The molecule has 122 valence electrons. The van der Waals surface area contributed by atoms with Crippen LogP contribution < -0.4 is 6.15 Å². The highest BCUT2D eigenvalue weighted by Crippen LogP contribution is 2.19. The van der Waals surface area contributed by atoms with Gasteiger partial charge in [-0.1, -0.05) is 6.92 Å². The Morgan fingerprint density at radius 1 is 0.857 bits per heavy atom. The third-order valence-corrected chi connectivity index (χ3v) is 2.86. The Balaban J connectivity index is 0. The van der Waals surface area contributed by atoms with E-state index in [2.05, 4.69) is 0 Å². The third-order valence-electron chi connectivity index (χ3n) is 2.86. The Morgan fingerprint density at radius 2 is 1.19 bits per heavy atom. The predicted octanol–water partition coefficient (Wildman–Crippen LogP) is -0.528. The first-order valence-corrected chi connectivity index (χ1v) is 5.88. The van der Waals surface area contributed by atoms with Gasteiger partial charge in [0, 0.05) is 6.42 Å². The topological polar surface area (TPSA) is 184 Å². The average molecular weight is 309 g/mol. The van der Waals surface area contributed by atoms with Crippen LogP contribution in [0, 0.1) is 0 Å². The minimum atomic E-state index is -1.45. The Labute approximate surface area is 120 Å². The molecular weight excluding hydrogens is 288 g/mol. The lowest BCUT2D eigenvalue weighted by Gasteiger charge is -2.39. The number of carboxylic acids is 4. The molecule has 0 aliphatic heterocycles. The summed E-state index contributed by atoms with van der Waals surface area (Å²) in [6, 6.07) is -1.40. The monoisotopic (exact) mass is 309 g/mol. The summed E-state index contributed by atoms with van der Waals surface area (Å²) in [5, 5.41) is 35.8. The molecule has 0 bridgehead atoms. The molecule has 1 atom stereocenters. The van der Waals surface area contributed by atoms with E-state index in [1.807, 2.05) is 0 Å². The van der Waals surface area contributed by atoms with Gasteiger partial charge in [-0.25, -0.2) is 19.2 Å². The highest BCUT2D eigenvalue weighted by Gasteiger charge is 2.46. The number of carbonyl (C=O) groups is 4. The van der Waals surface area contributed by atoms with Crippen LogP contribution in [0.5, 0.6) is 0 Å². The standard InChI is InChI=1S/C11H17NO8.H3N/c1-2-3-7(11(19)20)12(4-8(13)14,5-9(15)16)6-10(17)18;/h7H,2-6H2,1H3,(H3-,13,14,15,16,17,18,19,20);1H3/p+1. The summed E-state index contributed by atoms with van der Waals surface area (Å²) in [5.74, 6) is -5.75. The van der Waals surface area contributed by atoms with Crippen LogP contribution in [-0.2, 0) is 19.2 Å². The van der Waals surface area contributed by atoms with Crippen molar-refractivity contribution in [3.05, 3.63) is 0 Å². The van der Waals surface area contributed by atoms with Crippen molar-refractivity contribution in [2.24, 2.45) is 0 Å². The smallest absolute Gasteiger partial charge is 0.362 e. The first-order valence-electron chi connectivity index (χ1n) is 5.88. The normalized spacial score (nSPS) is 12.0. The molecular formula is C11H21N2O8+. The highest BCUT2D eigenvalue weighted by atomic mass is 16.4. The van der Waals surface area contributed by atoms with Crippen molar-refractivity contribution in [1.29, 1.82) is 0 Å². The van der Waals surface area contributed by atoms with Gasteiger partial charge in [0.15, 0.2) is 25.7 Å². The van der Waals surface area contributed by atoms with Gasteiger partial charge in [0.1, 0.15) is 0 Å². The Kier molecular flexibility index (Phi) is 8.91. The summed E-state index contributed by atoms with van der Waals surface area (Å²) in [5.41, 5.74) is 0. The fraction of sp³-hybridized carbons (Fsp3) is 0.636. The number of hydrogen-bond donors (Lipinski definition) is 5. The van der Waals surface area contributed by atoms with Crippen molar-refractivity contribution >= 4 is 23.9 Å². The number of quaternary nitrogens is 1. The van der Waals surface area contributed by atoms with E-state index in [4.69, 9.17) is 15.3 Å². The molecule has 0 amide bonds. The predicted molar refractivity (Wildman–Crippen MR) is 69.1 cm³/mol. The lowest BCUT2D eigenvalue weighted by atomic mass is 10.1. The Bertz CT molecular complexity index is 368. The first kappa shape index (κ1) is 21.1. The van der Waals surface area contributed by atoms with Gasteiger partial charge < -0.3 is 26.6 Å². The van der Waals surface area contributed by atoms with Crippen molar-refractivity contribution < 1.29 is 44.1 Å². The van der Waals surface area contributed by atoms with Gasteiger partial charge in [0.05, 0.1) is 0 Å². The highest BCUT2D eigenvalue weighted by molar-refractivity contribution is 5.77. The molecule has 0 rings (SSSR count). The molecule has 0 aromatic carbocycles. The van der Waals surface area contributed by atoms with E-state index in [1.54, 1.807) is 6.92 Å². The quantitative estimate of drug-likeness (QED) is 0.331. The molecule has 10 heteroatoms. The second kappa shape index (κ2) is 8.87. The van der Waals surface area contributed by atoms with Gasteiger partial charge in [-0.3, -0.25) is 4.48 Å². The van der Waals surface area contributed by atoms with Gasteiger partial charge in [-0.2, -0.15) is 0 Å². The van der Waals surface area contributed by atoms with E-state index < -0.39 is 54.0 Å². The van der Waals surface area contributed by atoms with E-state index in [-0.39, 0.29) is 12.6 Å². The maximum absolute atomic E-state index is 11.3. The zero-order valence-corrected chi connectivity index (χ0v) is 11.7. The Morgan fingerprint density at radius 3 is 1.38 bits per heavy atom. The van der Waals surface area contributed by atoms with Crippen LogP contribution in [0.25, 0.3) is 0 Å². The van der Waals surface area contributed by atoms with Crippen LogP contribution in [0.2, 0.25) is 0 Å². The van der Waals surface area contributed by atoms with Crippen molar-refractivity contribution in [2.75, 3.05) is 19.6 Å². The summed E-state index contributed by atoms with van der Waals surface area (Å²) < 4.78 is -1.05. The summed E-state index contributed by atoms with van der Waals surface area (Å²) in [6.07, 6.45) is 0.346. The molecule has 0 aliphatic rings. The lowest BCUT2D eigenvalue weighted by molar-refractivity contribution is -0.923. The van der Waals surface area contributed by atoms with Crippen molar-refractivity contribution in [1.82, 2.24) is 6.15 Å². The van der Waals surface area contributed by atoms with Crippen molar-refractivity contribution in [3.63, 3.8) is 0 Å². The summed E-state index contributed by atoms with van der Waals surface area (Å²) >= 11 is 0. The molecule has 10 nitrogen and oxygen atoms in total. The van der Waals surface area contributed by atoms with Crippen LogP contribution in [0.15, 0.2) is 0 Å². The average Bonchev–Trinajstić information content (AvgIpc) is 2.21. The molecule has 0 fully saturated rings. The molecule has 0 aromatic heterocycles. The molecule has 0 heterocycles. The van der Waals surface area contributed by atoms with Gasteiger partial charge in [-0.15, -0.1) is 0 Å². The molecule has 0 saturated heterocycles. The third kappa shape index (κ3) is 6.68. The molecule has 0 saturated carbocycles. The second-order valence-corrected chi connectivity index (χ2v) is 4.52. The molecule has 0 aliphatic carbocycles. The number of rotatable bonds is 10. The van der Waals surface area contributed by atoms with E-state index >= 15 is 0 Å². The van der Waals surface area contributed by atoms with E-state index in [9.17, 15) is 24.3 Å². The molecule has 21 heavy (non-hydrogen) atoms. The molecule has 0 spiro atoms.